The Bertz CT molecular complexity index is 1060. The quantitative estimate of drug-likeness (QED) is 0.690. The minimum absolute atomic E-state index is 0.0423. The Morgan fingerprint density at radius 3 is 2.62 bits per heavy atom. The summed E-state index contributed by atoms with van der Waals surface area (Å²) < 4.78 is 11.9. The summed E-state index contributed by atoms with van der Waals surface area (Å²) in [6.45, 7) is 0. The van der Waals surface area contributed by atoms with Crippen molar-refractivity contribution in [2.45, 2.75) is 12.5 Å². The van der Waals surface area contributed by atoms with Gasteiger partial charge in [-0.05, 0) is 36.4 Å². The SMILES string of the molecule is COc1ccc(-c2nc3n(n2)[C@@H](C(=O)Nc2ccccc2OC)CC(=O)N3)cc1. The average Bonchev–Trinajstić information content (AvgIpc) is 3.17. The third kappa shape index (κ3) is 3.62. The lowest BCUT2D eigenvalue weighted by atomic mass is 10.1. The van der Waals surface area contributed by atoms with Crippen LogP contribution in [-0.2, 0) is 9.59 Å². The molecule has 9 nitrogen and oxygen atoms in total. The lowest BCUT2D eigenvalue weighted by molar-refractivity contribution is -0.125. The fourth-order valence-corrected chi connectivity index (χ4v) is 3.09. The van der Waals surface area contributed by atoms with Gasteiger partial charge in [0.05, 0.1) is 26.3 Å². The first-order valence-electron chi connectivity index (χ1n) is 8.93. The number of carbonyl (C=O) groups excluding carboxylic acids is 2. The smallest absolute Gasteiger partial charge is 0.250 e. The van der Waals surface area contributed by atoms with Crippen LogP contribution in [0.25, 0.3) is 11.4 Å². The molecule has 1 atom stereocenters. The van der Waals surface area contributed by atoms with Crippen LogP contribution >= 0.6 is 0 Å². The van der Waals surface area contributed by atoms with Crippen LogP contribution in [0.3, 0.4) is 0 Å². The van der Waals surface area contributed by atoms with Crippen LogP contribution in [0.5, 0.6) is 11.5 Å². The van der Waals surface area contributed by atoms with E-state index in [-0.39, 0.29) is 24.2 Å². The maximum Gasteiger partial charge on any atom is 0.250 e. The molecule has 0 radical (unpaired) electrons. The molecule has 0 saturated heterocycles. The zero-order valence-electron chi connectivity index (χ0n) is 15.9. The summed E-state index contributed by atoms with van der Waals surface area (Å²) in [6.07, 6.45) is -0.0423. The molecule has 1 aliphatic heterocycles. The van der Waals surface area contributed by atoms with Crippen LogP contribution in [0.1, 0.15) is 12.5 Å². The fourth-order valence-electron chi connectivity index (χ4n) is 3.09. The van der Waals surface area contributed by atoms with Crippen molar-refractivity contribution in [2.24, 2.45) is 0 Å². The number of carbonyl (C=O) groups is 2. The Morgan fingerprint density at radius 1 is 1.14 bits per heavy atom. The topological polar surface area (TPSA) is 107 Å². The van der Waals surface area contributed by atoms with Gasteiger partial charge in [-0.1, -0.05) is 12.1 Å². The van der Waals surface area contributed by atoms with Gasteiger partial charge >= 0.3 is 0 Å². The molecule has 0 saturated carbocycles. The standard InChI is InChI=1S/C20H19N5O4/c1-28-13-9-7-12(8-10-13)18-23-20-22-17(26)11-15(25(20)24-18)19(27)21-14-5-3-4-6-16(14)29-2/h3-10,15H,11H2,1-2H3,(H,21,27)(H,22,23,24,26)/t15-/m1/s1. The summed E-state index contributed by atoms with van der Waals surface area (Å²) in [5, 5.41) is 9.93. The van der Waals surface area contributed by atoms with E-state index in [9.17, 15) is 9.59 Å². The summed E-state index contributed by atoms with van der Waals surface area (Å²) in [6, 6.07) is 13.4. The first-order valence-corrected chi connectivity index (χ1v) is 8.93. The van der Waals surface area contributed by atoms with Gasteiger partial charge in [-0.2, -0.15) is 4.98 Å². The molecule has 0 bridgehead atoms. The minimum atomic E-state index is -0.830. The number of methoxy groups -OCH3 is 2. The second-order valence-electron chi connectivity index (χ2n) is 6.39. The van der Waals surface area contributed by atoms with E-state index in [0.29, 0.717) is 23.0 Å². The molecule has 0 fully saturated rings. The van der Waals surface area contributed by atoms with Crippen molar-refractivity contribution in [3.63, 3.8) is 0 Å². The van der Waals surface area contributed by atoms with Crippen molar-refractivity contribution >= 4 is 23.5 Å². The summed E-state index contributed by atoms with van der Waals surface area (Å²) in [5.74, 6) is 1.19. The highest BCUT2D eigenvalue weighted by Crippen LogP contribution is 2.29. The molecule has 1 aliphatic rings. The van der Waals surface area contributed by atoms with Crippen LogP contribution in [0.2, 0.25) is 0 Å². The van der Waals surface area contributed by atoms with Gasteiger partial charge in [-0.15, -0.1) is 5.10 Å². The maximum absolute atomic E-state index is 12.9. The summed E-state index contributed by atoms with van der Waals surface area (Å²) in [5.41, 5.74) is 1.26. The second-order valence-corrected chi connectivity index (χ2v) is 6.39. The van der Waals surface area contributed by atoms with Crippen LogP contribution in [-0.4, -0.2) is 40.8 Å². The van der Waals surface area contributed by atoms with Gasteiger partial charge in [0.25, 0.3) is 0 Å². The highest BCUT2D eigenvalue weighted by Gasteiger charge is 2.33. The van der Waals surface area contributed by atoms with E-state index in [2.05, 4.69) is 20.7 Å². The van der Waals surface area contributed by atoms with E-state index >= 15 is 0 Å². The lowest BCUT2D eigenvalue weighted by Crippen LogP contribution is -2.36. The number of hydrogen-bond acceptors (Lipinski definition) is 6. The van der Waals surface area contributed by atoms with Crippen molar-refractivity contribution in [1.82, 2.24) is 14.8 Å². The van der Waals surface area contributed by atoms with Gasteiger partial charge in [0, 0.05) is 5.56 Å². The number of amides is 2. The molecule has 4 rings (SSSR count). The number of para-hydroxylation sites is 2. The molecule has 29 heavy (non-hydrogen) atoms. The Morgan fingerprint density at radius 2 is 1.90 bits per heavy atom. The summed E-state index contributed by atoms with van der Waals surface area (Å²) in [7, 11) is 3.11. The number of rotatable bonds is 5. The van der Waals surface area contributed by atoms with Gasteiger partial charge in [0.2, 0.25) is 17.8 Å². The van der Waals surface area contributed by atoms with Gasteiger partial charge in [0.1, 0.15) is 17.5 Å². The molecular weight excluding hydrogens is 374 g/mol. The predicted molar refractivity (Wildman–Crippen MR) is 106 cm³/mol. The van der Waals surface area contributed by atoms with Crippen molar-refractivity contribution < 1.29 is 19.1 Å². The molecule has 0 spiro atoms. The monoisotopic (exact) mass is 393 g/mol. The van der Waals surface area contributed by atoms with Crippen molar-refractivity contribution in [3.05, 3.63) is 48.5 Å². The maximum atomic E-state index is 12.9. The second kappa shape index (κ2) is 7.63. The lowest BCUT2D eigenvalue weighted by Gasteiger charge is -2.22. The number of fused-ring (bicyclic) bond motifs is 1. The highest BCUT2D eigenvalue weighted by molar-refractivity contribution is 6.01. The van der Waals surface area contributed by atoms with E-state index in [4.69, 9.17) is 9.47 Å². The van der Waals surface area contributed by atoms with E-state index in [1.54, 1.807) is 43.5 Å². The van der Waals surface area contributed by atoms with Gasteiger partial charge in [-0.25, -0.2) is 4.68 Å². The molecule has 2 amide bonds. The summed E-state index contributed by atoms with van der Waals surface area (Å²) in [4.78, 5) is 29.4. The first-order chi connectivity index (χ1) is 14.1. The van der Waals surface area contributed by atoms with Crippen LogP contribution in [0.15, 0.2) is 48.5 Å². The molecule has 1 aromatic heterocycles. The third-order valence-electron chi connectivity index (χ3n) is 4.57. The van der Waals surface area contributed by atoms with E-state index < -0.39 is 6.04 Å². The molecule has 0 unspecified atom stereocenters. The number of hydrogen-bond donors (Lipinski definition) is 2. The van der Waals surface area contributed by atoms with E-state index in [1.165, 1.54) is 11.8 Å². The molecule has 2 aromatic carbocycles. The van der Waals surface area contributed by atoms with Crippen LogP contribution in [0.4, 0.5) is 11.6 Å². The van der Waals surface area contributed by atoms with E-state index in [1.807, 2.05) is 12.1 Å². The Hall–Kier alpha value is -3.88. The first kappa shape index (κ1) is 18.5. The Kier molecular flexibility index (Phi) is 4.86. The fraction of sp³-hybridized carbons (Fsp3) is 0.200. The number of ether oxygens (including phenoxy) is 2. The molecule has 2 heterocycles. The van der Waals surface area contributed by atoms with E-state index in [0.717, 1.165) is 5.56 Å². The number of benzene rings is 2. The molecular formula is C20H19N5O4. The number of nitrogens with zero attached hydrogens (tertiary/aromatic N) is 3. The van der Waals surface area contributed by atoms with Gasteiger partial charge in [0.15, 0.2) is 5.82 Å². The average molecular weight is 393 g/mol. The zero-order chi connectivity index (χ0) is 20.4. The number of anilines is 2. The number of nitrogens with one attached hydrogen (secondary N) is 2. The third-order valence-corrected chi connectivity index (χ3v) is 4.57. The Balaban J connectivity index is 1.63. The summed E-state index contributed by atoms with van der Waals surface area (Å²) >= 11 is 0. The minimum Gasteiger partial charge on any atom is -0.497 e. The molecule has 2 N–H and O–H groups in total. The molecule has 148 valence electrons. The normalized spacial score (nSPS) is 15.2. The molecule has 9 heteroatoms. The zero-order valence-corrected chi connectivity index (χ0v) is 15.9. The van der Waals surface area contributed by atoms with Crippen molar-refractivity contribution in [2.75, 3.05) is 24.9 Å². The predicted octanol–water partition coefficient (Wildman–Crippen LogP) is 2.48. The number of aromatic nitrogens is 3. The van der Waals surface area contributed by atoms with Crippen LogP contribution < -0.4 is 20.1 Å². The highest BCUT2D eigenvalue weighted by atomic mass is 16.5. The van der Waals surface area contributed by atoms with Crippen LogP contribution in [0, 0.1) is 0 Å². The van der Waals surface area contributed by atoms with Gasteiger partial charge < -0.3 is 14.8 Å². The van der Waals surface area contributed by atoms with Crippen molar-refractivity contribution in [1.29, 1.82) is 0 Å². The van der Waals surface area contributed by atoms with Crippen molar-refractivity contribution in [3.8, 4) is 22.9 Å². The van der Waals surface area contributed by atoms with Gasteiger partial charge in [-0.3, -0.25) is 14.9 Å². The molecule has 0 aliphatic carbocycles. The largest absolute Gasteiger partial charge is 0.497 e. The molecule has 3 aromatic rings. The Labute approximate surface area is 166 Å².